The summed E-state index contributed by atoms with van der Waals surface area (Å²) in [4.78, 5) is 4.06. The van der Waals surface area contributed by atoms with Crippen molar-refractivity contribution in [2.45, 2.75) is 79.1 Å². The zero-order chi connectivity index (χ0) is 21.7. The number of allylic oxidation sites excluding steroid dienone is 1. The number of hydrogen-bond acceptors (Lipinski definition) is 3. The SMILES string of the molecule is C=C(C)c1ccc(N(CC(C)C)c2sc3c(c2C)C(C)(C)CCC3(C)C)cc1N. The first kappa shape index (κ1) is 22.0. The second-order valence-corrected chi connectivity index (χ2v) is 11.6. The number of anilines is 3. The van der Waals surface area contributed by atoms with Crippen LogP contribution in [0.4, 0.5) is 16.4 Å². The van der Waals surface area contributed by atoms with Gasteiger partial charge in [0.05, 0.1) is 5.00 Å². The van der Waals surface area contributed by atoms with Gasteiger partial charge in [0.25, 0.3) is 0 Å². The molecule has 0 saturated heterocycles. The van der Waals surface area contributed by atoms with E-state index in [9.17, 15) is 0 Å². The summed E-state index contributed by atoms with van der Waals surface area (Å²) in [7, 11) is 0. The molecule has 0 atom stereocenters. The average Bonchev–Trinajstić information content (AvgIpc) is 2.96. The number of thiophene rings is 1. The van der Waals surface area contributed by atoms with Gasteiger partial charge in [0.15, 0.2) is 0 Å². The topological polar surface area (TPSA) is 29.3 Å². The Kier molecular flexibility index (Phi) is 5.68. The standard InChI is InChI=1S/C26H38N2S/c1-16(2)15-28(19-10-11-20(17(3)4)21(27)14-19)24-18(5)22-23(29-24)26(8,9)13-12-25(22,6)7/h10-11,14,16H,3,12-13,15,27H2,1-2,4-9H3. The molecule has 1 aliphatic carbocycles. The molecular weight excluding hydrogens is 372 g/mol. The van der Waals surface area contributed by atoms with Crippen LogP contribution in [0.3, 0.4) is 0 Å². The maximum absolute atomic E-state index is 6.41. The first-order chi connectivity index (χ1) is 13.3. The van der Waals surface area contributed by atoms with E-state index in [1.165, 1.54) is 29.1 Å². The number of hydrogen-bond donors (Lipinski definition) is 1. The van der Waals surface area contributed by atoms with Gasteiger partial charge in [0.2, 0.25) is 0 Å². The minimum atomic E-state index is 0.232. The molecule has 2 nitrogen and oxygen atoms in total. The predicted molar refractivity (Wildman–Crippen MR) is 132 cm³/mol. The molecule has 1 heterocycles. The predicted octanol–water partition coefficient (Wildman–Crippen LogP) is 7.81. The van der Waals surface area contributed by atoms with Crippen molar-refractivity contribution in [2.24, 2.45) is 5.92 Å². The smallest absolute Gasteiger partial charge is 0.0989 e. The molecule has 1 aromatic heterocycles. The van der Waals surface area contributed by atoms with E-state index in [2.05, 4.69) is 78.1 Å². The van der Waals surface area contributed by atoms with Crippen molar-refractivity contribution in [1.82, 2.24) is 0 Å². The zero-order valence-corrected chi connectivity index (χ0v) is 20.4. The van der Waals surface area contributed by atoms with Crippen LogP contribution < -0.4 is 10.6 Å². The Hall–Kier alpha value is -1.74. The van der Waals surface area contributed by atoms with Crippen LogP contribution >= 0.6 is 11.3 Å². The molecule has 0 unspecified atom stereocenters. The van der Waals surface area contributed by atoms with Crippen molar-refractivity contribution in [3.63, 3.8) is 0 Å². The van der Waals surface area contributed by atoms with Crippen molar-refractivity contribution in [3.05, 3.63) is 46.3 Å². The van der Waals surface area contributed by atoms with Crippen LogP contribution in [-0.2, 0) is 10.8 Å². The highest BCUT2D eigenvalue weighted by Crippen LogP contribution is 2.54. The number of nitrogens with two attached hydrogens (primary N) is 1. The van der Waals surface area contributed by atoms with Crippen LogP contribution in [0.2, 0.25) is 0 Å². The van der Waals surface area contributed by atoms with Crippen LogP contribution in [0, 0.1) is 12.8 Å². The number of nitrogen functional groups attached to an aromatic ring is 1. The van der Waals surface area contributed by atoms with Crippen molar-refractivity contribution in [3.8, 4) is 0 Å². The average molecular weight is 411 g/mol. The van der Waals surface area contributed by atoms with Crippen molar-refractivity contribution in [1.29, 1.82) is 0 Å². The third kappa shape index (κ3) is 3.99. The highest BCUT2D eigenvalue weighted by atomic mass is 32.1. The largest absolute Gasteiger partial charge is 0.398 e. The van der Waals surface area contributed by atoms with Gasteiger partial charge in [0, 0.05) is 22.8 Å². The number of benzene rings is 1. The minimum Gasteiger partial charge on any atom is -0.398 e. The lowest BCUT2D eigenvalue weighted by Gasteiger charge is -2.39. The number of nitrogens with zero attached hydrogens (tertiary/aromatic N) is 1. The van der Waals surface area contributed by atoms with Crippen molar-refractivity contribution in [2.75, 3.05) is 17.2 Å². The fourth-order valence-electron chi connectivity index (χ4n) is 4.69. The molecule has 0 fully saturated rings. The van der Waals surface area contributed by atoms with Crippen LogP contribution in [0.1, 0.15) is 82.9 Å². The van der Waals surface area contributed by atoms with Gasteiger partial charge in [-0.2, -0.15) is 0 Å². The molecule has 0 spiro atoms. The summed E-state index contributed by atoms with van der Waals surface area (Å²) in [6.45, 7) is 23.6. The van der Waals surface area contributed by atoms with E-state index in [0.717, 1.165) is 23.4 Å². The minimum absolute atomic E-state index is 0.232. The lowest BCUT2D eigenvalue weighted by molar-refractivity contribution is 0.337. The van der Waals surface area contributed by atoms with Crippen molar-refractivity contribution < 1.29 is 0 Å². The van der Waals surface area contributed by atoms with Crippen molar-refractivity contribution >= 4 is 33.3 Å². The molecule has 0 bridgehead atoms. The van der Waals surface area contributed by atoms with Gasteiger partial charge in [-0.15, -0.1) is 11.3 Å². The van der Waals surface area contributed by atoms with E-state index in [1.807, 2.05) is 18.3 Å². The normalized spacial score (nSPS) is 17.3. The van der Waals surface area contributed by atoms with Gasteiger partial charge < -0.3 is 10.6 Å². The monoisotopic (exact) mass is 410 g/mol. The summed E-state index contributed by atoms with van der Waals surface area (Å²) in [6.07, 6.45) is 2.49. The fraction of sp³-hybridized carbons (Fsp3) is 0.538. The molecule has 0 radical (unpaired) electrons. The van der Waals surface area contributed by atoms with Crippen LogP contribution in [0.15, 0.2) is 24.8 Å². The first-order valence-electron chi connectivity index (χ1n) is 10.8. The molecule has 0 amide bonds. The molecule has 3 heteroatoms. The van der Waals surface area contributed by atoms with E-state index in [4.69, 9.17) is 5.73 Å². The van der Waals surface area contributed by atoms with Crippen LogP contribution in [-0.4, -0.2) is 6.54 Å². The second-order valence-electron chi connectivity index (χ2n) is 10.6. The molecule has 2 aromatic rings. The summed E-state index contributed by atoms with van der Waals surface area (Å²) < 4.78 is 0. The molecule has 0 aliphatic heterocycles. The van der Waals surface area contributed by atoms with E-state index < -0.39 is 0 Å². The van der Waals surface area contributed by atoms with E-state index in [0.29, 0.717) is 5.92 Å². The molecule has 1 aliphatic rings. The quantitative estimate of drug-likeness (QED) is 0.509. The first-order valence-corrected chi connectivity index (χ1v) is 11.6. The van der Waals surface area contributed by atoms with Gasteiger partial charge in [-0.3, -0.25) is 0 Å². The number of rotatable bonds is 5. The van der Waals surface area contributed by atoms with Crippen LogP contribution in [0.5, 0.6) is 0 Å². The van der Waals surface area contributed by atoms with Gasteiger partial charge in [-0.25, -0.2) is 0 Å². The summed E-state index contributed by atoms with van der Waals surface area (Å²) in [5.74, 6) is 0.552. The molecule has 1 aromatic carbocycles. The van der Waals surface area contributed by atoms with E-state index in [1.54, 1.807) is 10.4 Å². The maximum atomic E-state index is 6.41. The maximum Gasteiger partial charge on any atom is 0.0989 e. The Labute approximate surface area is 181 Å². The van der Waals surface area contributed by atoms with Gasteiger partial charge in [-0.1, -0.05) is 54.2 Å². The van der Waals surface area contributed by atoms with Gasteiger partial charge in [0.1, 0.15) is 0 Å². The lowest BCUT2D eigenvalue weighted by Crippen LogP contribution is -2.32. The molecular formula is C26H38N2S. The van der Waals surface area contributed by atoms with Gasteiger partial charge >= 0.3 is 0 Å². The van der Waals surface area contributed by atoms with E-state index >= 15 is 0 Å². The molecule has 158 valence electrons. The van der Waals surface area contributed by atoms with E-state index in [-0.39, 0.29) is 10.8 Å². The fourth-order valence-corrected chi connectivity index (χ4v) is 6.34. The molecule has 2 N–H and O–H groups in total. The Bertz CT molecular complexity index is 930. The second kappa shape index (κ2) is 7.50. The summed E-state index contributed by atoms with van der Waals surface area (Å²) in [5.41, 5.74) is 13.9. The number of fused-ring (bicyclic) bond motifs is 1. The third-order valence-corrected chi connectivity index (χ3v) is 8.07. The molecule has 0 saturated carbocycles. The summed E-state index contributed by atoms with van der Waals surface area (Å²) in [6, 6.07) is 6.45. The van der Waals surface area contributed by atoms with Crippen LogP contribution in [0.25, 0.3) is 5.57 Å². The summed E-state index contributed by atoms with van der Waals surface area (Å²) >= 11 is 2.00. The lowest BCUT2D eigenvalue weighted by atomic mass is 9.66. The third-order valence-electron chi connectivity index (χ3n) is 6.39. The zero-order valence-electron chi connectivity index (χ0n) is 19.6. The summed E-state index contributed by atoms with van der Waals surface area (Å²) in [5, 5.41) is 1.38. The Balaban J connectivity index is 2.18. The molecule has 29 heavy (non-hydrogen) atoms. The highest BCUT2D eigenvalue weighted by molar-refractivity contribution is 7.16. The Morgan fingerprint density at radius 2 is 1.79 bits per heavy atom. The Morgan fingerprint density at radius 3 is 2.31 bits per heavy atom. The molecule has 3 rings (SSSR count). The Morgan fingerprint density at radius 1 is 1.17 bits per heavy atom. The van der Waals surface area contributed by atoms with Gasteiger partial charge in [-0.05, 0) is 77.8 Å². The highest BCUT2D eigenvalue weighted by Gasteiger charge is 2.41.